The third kappa shape index (κ3) is 24.5. The molecule has 0 spiro atoms. The maximum atomic E-state index is 14.9. The predicted octanol–water partition coefficient (Wildman–Crippen LogP) is -2.49. The summed E-state index contributed by atoms with van der Waals surface area (Å²) in [5.41, 5.74) is 7.73. The molecule has 2 heterocycles. The summed E-state index contributed by atoms with van der Waals surface area (Å²) in [6.45, 7) is 9.05. The number of aliphatic carboxylic acids is 2. The Morgan fingerprint density at radius 2 is 0.929 bits per heavy atom. The quantitative estimate of drug-likeness (QED) is 0.0221. The minimum atomic E-state index is -1.74. The zero-order valence-electron chi connectivity index (χ0n) is 56.2. The number of nitrogens with one attached hydrogen (secondary N) is 11. The number of aromatic hydroxyl groups is 1. The van der Waals surface area contributed by atoms with Gasteiger partial charge in [-0.2, -0.15) is 0 Å². The molecule has 1 saturated heterocycles. The highest BCUT2D eigenvalue weighted by Gasteiger charge is 2.40. The van der Waals surface area contributed by atoms with Gasteiger partial charge in [-0.15, -0.1) is 0 Å². The smallest absolute Gasteiger partial charge is 0.326 e. The number of aromatic amines is 1. The molecule has 19 N–H and O–H groups in total. The van der Waals surface area contributed by atoms with Crippen LogP contribution in [-0.2, 0) is 81.6 Å². The van der Waals surface area contributed by atoms with Gasteiger partial charge < -0.3 is 99.4 Å². The average molecular weight is 1380 g/mol. The molecule has 540 valence electrons. The second-order valence-electron chi connectivity index (χ2n) is 25.4. The van der Waals surface area contributed by atoms with E-state index in [1.54, 1.807) is 88.5 Å². The molecular weight excluding hydrogens is 1290 g/mol. The number of hydrogen-bond donors (Lipinski definition) is 18. The van der Waals surface area contributed by atoms with Gasteiger partial charge in [0, 0.05) is 49.3 Å². The van der Waals surface area contributed by atoms with Crippen molar-refractivity contribution in [3.63, 3.8) is 0 Å². The van der Waals surface area contributed by atoms with Crippen LogP contribution in [0, 0.1) is 11.8 Å². The number of phenolic OH excluding ortho intramolecular Hbond substituents is 1. The molecule has 1 aromatic heterocycles. The summed E-state index contributed by atoms with van der Waals surface area (Å²) < 4.78 is 0. The number of aliphatic hydroxyl groups is 3. The maximum absolute atomic E-state index is 14.9. The van der Waals surface area contributed by atoms with E-state index in [9.17, 15) is 93.0 Å². The zero-order valence-corrected chi connectivity index (χ0v) is 56.2. The van der Waals surface area contributed by atoms with Crippen LogP contribution in [0.5, 0.6) is 5.75 Å². The first-order valence-electron chi connectivity index (χ1n) is 32.6. The number of nitrogens with zero attached hydrogens (tertiary/aromatic N) is 1. The first-order valence-corrected chi connectivity index (χ1v) is 32.6. The van der Waals surface area contributed by atoms with Crippen molar-refractivity contribution in [3.8, 4) is 5.75 Å². The number of nitrogens with two attached hydrogens (primary N) is 1. The number of phenols is 1. The molecule has 11 amide bonds. The van der Waals surface area contributed by atoms with E-state index in [4.69, 9.17) is 5.73 Å². The van der Waals surface area contributed by atoms with E-state index in [-0.39, 0.29) is 62.7 Å². The predicted molar refractivity (Wildman–Crippen MR) is 357 cm³/mol. The van der Waals surface area contributed by atoms with Gasteiger partial charge in [0.2, 0.25) is 65.0 Å². The first kappa shape index (κ1) is 79.6. The molecule has 0 saturated carbocycles. The number of rotatable bonds is 38. The topological polar surface area (TPSA) is 509 Å². The summed E-state index contributed by atoms with van der Waals surface area (Å²) in [6, 6.07) is 2.85. The number of para-hydroxylation sites is 1. The molecule has 1 aliphatic rings. The van der Waals surface area contributed by atoms with Gasteiger partial charge in [-0.3, -0.25) is 57.5 Å². The molecule has 13 atom stereocenters. The first-order chi connectivity index (χ1) is 46.8. The Kier molecular flexibility index (Phi) is 30.7. The highest BCUT2D eigenvalue weighted by molar-refractivity contribution is 6.00. The number of likely N-dealkylation sites (tertiary alicyclic amines) is 1. The van der Waals surface area contributed by atoms with Crippen molar-refractivity contribution in [3.05, 3.63) is 102 Å². The minimum Gasteiger partial charge on any atom is -0.508 e. The molecule has 0 bridgehead atoms. The fraction of sp³-hybridized carbons (Fsp3) is 0.507. The zero-order chi connectivity index (χ0) is 73.4. The van der Waals surface area contributed by atoms with Gasteiger partial charge in [-0.25, -0.2) is 4.79 Å². The molecule has 0 unspecified atom stereocenters. The number of aromatic nitrogens is 1. The van der Waals surface area contributed by atoms with Gasteiger partial charge in [0.25, 0.3) is 0 Å². The molecule has 0 aliphatic carbocycles. The second-order valence-corrected chi connectivity index (χ2v) is 25.4. The Morgan fingerprint density at radius 3 is 1.43 bits per heavy atom. The molecule has 32 heteroatoms. The van der Waals surface area contributed by atoms with Gasteiger partial charge in [0.1, 0.15) is 78.3 Å². The number of hydrogen-bond acceptors (Lipinski definition) is 18. The van der Waals surface area contributed by atoms with Crippen LogP contribution in [-0.4, -0.2) is 216 Å². The van der Waals surface area contributed by atoms with Crippen molar-refractivity contribution < 1.29 is 93.0 Å². The van der Waals surface area contributed by atoms with Crippen molar-refractivity contribution >= 4 is 87.8 Å². The number of H-pyrrole nitrogens is 1. The number of carbonyl (C=O) groups is 13. The Bertz CT molecular complexity index is 3480. The lowest BCUT2D eigenvalue weighted by atomic mass is 9.99. The lowest BCUT2D eigenvalue weighted by Crippen LogP contribution is -2.61. The summed E-state index contributed by atoms with van der Waals surface area (Å²) in [5.74, 6) is -13.8. The van der Waals surface area contributed by atoms with E-state index >= 15 is 0 Å². The van der Waals surface area contributed by atoms with Gasteiger partial charge in [0.15, 0.2) is 0 Å². The molecule has 1 fully saturated rings. The summed E-state index contributed by atoms with van der Waals surface area (Å²) in [7, 11) is 0. The number of aliphatic hydroxyl groups excluding tert-OH is 3. The van der Waals surface area contributed by atoms with E-state index < -0.39 is 182 Å². The lowest BCUT2D eigenvalue weighted by molar-refractivity contribution is -0.150. The molecule has 99 heavy (non-hydrogen) atoms. The van der Waals surface area contributed by atoms with E-state index in [0.717, 1.165) is 4.90 Å². The van der Waals surface area contributed by atoms with Crippen LogP contribution in [0.2, 0.25) is 0 Å². The maximum Gasteiger partial charge on any atom is 0.326 e. The number of carboxylic acid groups (broad SMARTS) is 2. The van der Waals surface area contributed by atoms with Crippen LogP contribution in [0.25, 0.3) is 10.9 Å². The molecule has 0 radical (unpaired) electrons. The van der Waals surface area contributed by atoms with E-state index in [1.807, 2.05) is 0 Å². The van der Waals surface area contributed by atoms with Crippen molar-refractivity contribution in [1.82, 2.24) is 63.1 Å². The number of benzene rings is 3. The third-order valence-corrected chi connectivity index (χ3v) is 16.4. The Hall–Kier alpha value is -10.0. The van der Waals surface area contributed by atoms with Crippen molar-refractivity contribution in [1.29, 1.82) is 0 Å². The number of carboxylic acids is 2. The Labute approximate surface area is 571 Å². The average Bonchev–Trinajstić information content (AvgIpc) is 1.69. The van der Waals surface area contributed by atoms with E-state index in [1.165, 1.54) is 45.0 Å². The fourth-order valence-corrected chi connectivity index (χ4v) is 10.9. The summed E-state index contributed by atoms with van der Waals surface area (Å²) >= 11 is 0. The van der Waals surface area contributed by atoms with Gasteiger partial charge in [-0.05, 0) is 99.6 Å². The van der Waals surface area contributed by atoms with Crippen LogP contribution < -0.4 is 58.9 Å². The highest BCUT2D eigenvalue weighted by Crippen LogP contribution is 2.22. The minimum absolute atomic E-state index is 0.0132. The number of carbonyl (C=O) groups excluding carboxylic acids is 11. The van der Waals surface area contributed by atoms with Crippen LogP contribution in [0.15, 0.2) is 85.1 Å². The van der Waals surface area contributed by atoms with Crippen LogP contribution >= 0.6 is 0 Å². The van der Waals surface area contributed by atoms with Crippen LogP contribution in [0.3, 0.4) is 0 Å². The SMILES string of the molecule is CC(C)C[C@H](NC(=O)[C@H](C)NC(=O)[C@H](Cc1c[nH]c2ccccc12)NC(=O)[C@H](Cc1ccc(O)cc1)NC(=O)[C@H](CCC(=O)O)NC(=O)[C@H](C)NC(=O)[C@H](Cc1ccccc1)NC(=O)[C@H](CO)NC(=O)[C@@H](N)[C@@H](C)O)C(=O)N[C@@H](CC(C)C)C(=O)N[C@@H](CO)C(=O)N1CCC[C@H]1C(=O)O. The van der Waals surface area contributed by atoms with Crippen LogP contribution in [0.4, 0.5) is 0 Å². The number of fused-ring (bicyclic) bond motifs is 1. The van der Waals surface area contributed by atoms with Crippen LogP contribution in [0.1, 0.15) is 104 Å². The van der Waals surface area contributed by atoms with Crippen molar-refractivity contribution in [2.75, 3.05) is 19.8 Å². The Morgan fingerprint density at radius 1 is 0.505 bits per heavy atom. The molecule has 3 aromatic carbocycles. The summed E-state index contributed by atoms with van der Waals surface area (Å²) in [4.78, 5) is 182. The third-order valence-electron chi connectivity index (χ3n) is 16.4. The van der Waals surface area contributed by atoms with E-state index in [2.05, 4.69) is 58.2 Å². The van der Waals surface area contributed by atoms with Crippen molar-refractivity contribution in [2.45, 2.75) is 185 Å². The molecule has 32 nitrogen and oxygen atoms in total. The standard InChI is InChI=1S/C67H93N13O19/c1-34(2)26-46(61(92)74-47(27-35(3)4)62(93)79-52(33-82)66(97)80-25-13-18-53(80)67(98)99)73-57(88)37(6)71-60(91)50(30-41-31-69-44-17-12-11-16-43(41)44)77-63(94)49(29-40-19-21-42(84)22-20-40)75-58(89)45(23-24-54(85)86)72-56(87)36(5)70-59(90)48(28-39-14-9-8-10-15-39)76-64(95)51(32-81)78-65(96)55(68)38(7)83/h8-12,14-17,19-22,31,34-38,45-53,55,69,81-84H,13,18,23-30,32-33,68H2,1-7H3,(H,70,90)(H,71,91)(H,72,87)(H,73,88)(H,74,92)(H,75,89)(H,76,95)(H,77,94)(H,78,96)(H,79,93)(H,85,86)(H,98,99)/t36-,37-,38+,45-,46-,47-,48-,49-,50-,51-,52-,53-,55-/m0/s1. The number of amides is 11. The molecule has 1 aliphatic heterocycles. The molecule has 5 rings (SSSR count). The monoisotopic (exact) mass is 1380 g/mol. The van der Waals surface area contributed by atoms with Gasteiger partial charge in [0.05, 0.1) is 19.3 Å². The highest BCUT2D eigenvalue weighted by atomic mass is 16.4. The molecular formula is C67H93N13O19. The lowest BCUT2D eigenvalue weighted by Gasteiger charge is -2.29. The largest absolute Gasteiger partial charge is 0.508 e. The Balaban J connectivity index is 1.38. The normalized spacial score (nSPS) is 16.5. The molecule has 4 aromatic rings. The second kappa shape index (κ2) is 38.2. The summed E-state index contributed by atoms with van der Waals surface area (Å²) in [5, 5.41) is 85.4. The summed E-state index contributed by atoms with van der Waals surface area (Å²) in [6.07, 6.45) is -1.21. The van der Waals surface area contributed by atoms with Gasteiger partial charge >= 0.3 is 11.9 Å². The van der Waals surface area contributed by atoms with E-state index in [0.29, 0.717) is 34.0 Å². The van der Waals surface area contributed by atoms with Gasteiger partial charge in [-0.1, -0.05) is 88.4 Å². The fourth-order valence-electron chi connectivity index (χ4n) is 10.9. The van der Waals surface area contributed by atoms with Crippen molar-refractivity contribution in [2.24, 2.45) is 17.6 Å².